The Morgan fingerprint density at radius 1 is 1.22 bits per heavy atom. The lowest BCUT2D eigenvalue weighted by Gasteiger charge is -2.14. The van der Waals surface area contributed by atoms with E-state index in [-0.39, 0.29) is 11.4 Å². The van der Waals surface area contributed by atoms with Gasteiger partial charge in [-0.05, 0) is 29.8 Å². The van der Waals surface area contributed by atoms with Gasteiger partial charge in [0.15, 0.2) is 0 Å². The van der Waals surface area contributed by atoms with Crippen molar-refractivity contribution in [3.8, 4) is 5.75 Å². The van der Waals surface area contributed by atoms with Crippen molar-refractivity contribution in [1.82, 2.24) is 4.90 Å². The molecule has 0 heterocycles. The Kier molecular flexibility index (Phi) is 6.13. The second-order valence-electron chi connectivity index (χ2n) is 5.18. The number of nitrogens with one attached hydrogen (secondary N) is 1. The van der Waals surface area contributed by atoms with Gasteiger partial charge in [0, 0.05) is 30.9 Å². The van der Waals surface area contributed by atoms with Crippen molar-refractivity contribution in [2.45, 2.75) is 5.38 Å². The summed E-state index contributed by atoms with van der Waals surface area (Å²) in [5.74, 6) is 0.640. The van der Waals surface area contributed by atoms with E-state index in [4.69, 9.17) is 27.9 Å². The zero-order valence-electron chi connectivity index (χ0n) is 12.9. The number of nitrogens with zero attached hydrogens (tertiary/aromatic N) is 1. The zero-order valence-corrected chi connectivity index (χ0v) is 14.4. The van der Waals surface area contributed by atoms with Crippen LogP contribution < -0.4 is 10.1 Å². The third kappa shape index (κ3) is 5.34. The Hall–Kier alpha value is -1.91. The molecular formula is C17H18Cl2N2O2. The molecular weight excluding hydrogens is 335 g/mol. The molecule has 0 bridgehead atoms. The average molecular weight is 353 g/mol. The van der Waals surface area contributed by atoms with Gasteiger partial charge in [-0.1, -0.05) is 29.8 Å². The van der Waals surface area contributed by atoms with Crippen LogP contribution in [-0.2, 0) is 0 Å². The lowest BCUT2D eigenvalue weighted by atomic mass is 10.1. The fourth-order valence-corrected chi connectivity index (χ4v) is 2.17. The van der Waals surface area contributed by atoms with Crippen LogP contribution in [0.5, 0.6) is 5.75 Å². The number of anilines is 1. The number of carbonyl (C=O) groups is 1. The summed E-state index contributed by atoms with van der Waals surface area (Å²) in [6.45, 7) is 0.314. The molecule has 122 valence electrons. The minimum Gasteiger partial charge on any atom is -0.492 e. The van der Waals surface area contributed by atoms with Gasteiger partial charge in [0.05, 0.1) is 5.38 Å². The number of ether oxygens (including phenoxy) is 1. The van der Waals surface area contributed by atoms with Gasteiger partial charge in [0.1, 0.15) is 12.4 Å². The number of urea groups is 1. The van der Waals surface area contributed by atoms with E-state index < -0.39 is 0 Å². The van der Waals surface area contributed by atoms with E-state index in [1.807, 2.05) is 24.3 Å². The first-order valence-corrected chi connectivity index (χ1v) is 7.88. The first kappa shape index (κ1) is 17.4. The topological polar surface area (TPSA) is 41.6 Å². The van der Waals surface area contributed by atoms with Crippen molar-refractivity contribution in [1.29, 1.82) is 0 Å². The minimum atomic E-state index is -0.285. The van der Waals surface area contributed by atoms with Gasteiger partial charge in [-0.15, -0.1) is 11.6 Å². The largest absolute Gasteiger partial charge is 0.492 e. The minimum absolute atomic E-state index is 0.196. The Balaban J connectivity index is 1.95. The number of carbonyl (C=O) groups excluding carboxylic acids is 1. The first-order valence-electron chi connectivity index (χ1n) is 7.06. The maximum absolute atomic E-state index is 11.6. The Bertz CT molecular complexity index is 660. The molecule has 1 atom stereocenters. The standard InChI is InChI=1S/C17H18Cl2N2O2/c1-21(2)17(22)20-14-4-3-5-15(10-14)23-11-16(19)12-6-8-13(18)9-7-12/h3-10,16H,11H2,1-2H3,(H,20,22). The highest BCUT2D eigenvalue weighted by Crippen LogP contribution is 2.24. The summed E-state index contributed by atoms with van der Waals surface area (Å²) in [5.41, 5.74) is 1.60. The third-order valence-electron chi connectivity index (χ3n) is 3.12. The summed E-state index contributed by atoms with van der Waals surface area (Å²) in [7, 11) is 3.36. The SMILES string of the molecule is CN(C)C(=O)Nc1cccc(OCC(Cl)c2ccc(Cl)cc2)c1. The van der Waals surface area contributed by atoms with Crippen LogP contribution in [0.2, 0.25) is 5.02 Å². The predicted octanol–water partition coefficient (Wildman–Crippen LogP) is 4.79. The van der Waals surface area contributed by atoms with Crippen molar-refractivity contribution in [2.75, 3.05) is 26.0 Å². The molecule has 0 fully saturated rings. The van der Waals surface area contributed by atoms with E-state index in [0.717, 1.165) is 5.56 Å². The van der Waals surface area contributed by atoms with Crippen LogP contribution in [0.3, 0.4) is 0 Å². The molecule has 0 aliphatic heterocycles. The fourth-order valence-electron chi connectivity index (χ4n) is 1.84. The molecule has 0 aromatic heterocycles. The van der Waals surface area contributed by atoms with Gasteiger partial charge >= 0.3 is 6.03 Å². The smallest absolute Gasteiger partial charge is 0.321 e. The number of benzene rings is 2. The normalized spacial score (nSPS) is 11.7. The van der Waals surface area contributed by atoms with E-state index in [1.54, 1.807) is 38.4 Å². The second-order valence-corrected chi connectivity index (χ2v) is 6.15. The van der Waals surface area contributed by atoms with Gasteiger partial charge in [0.2, 0.25) is 0 Å². The molecule has 0 aliphatic carbocycles. The number of amides is 2. The first-order chi connectivity index (χ1) is 11.0. The van der Waals surface area contributed by atoms with Crippen molar-refractivity contribution < 1.29 is 9.53 Å². The van der Waals surface area contributed by atoms with Crippen LogP contribution in [0.4, 0.5) is 10.5 Å². The predicted molar refractivity (Wildman–Crippen MR) is 94.7 cm³/mol. The Labute approximate surface area is 146 Å². The summed E-state index contributed by atoms with van der Waals surface area (Å²) in [6.07, 6.45) is 0. The highest BCUT2D eigenvalue weighted by atomic mass is 35.5. The molecule has 0 saturated heterocycles. The maximum atomic E-state index is 11.6. The fraction of sp³-hybridized carbons (Fsp3) is 0.235. The summed E-state index contributed by atoms with van der Waals surface area (Å²) < 4.78 is 5.71. The molecule has 2 amide bonds. The summed E-state index contributed by atoms with van der Waals surface area (Å²) in [4.78, 5) is 13.1. The molecule has 0 saturated carbocycles. The third-order valence-corrected chi connectivity index (χ3v) is 3.75. The van der Waals surface area contributed by atoms with Gasteiger partial charge in [0.25, 0.3) is 0 Å². The Morgan fingerprint density at radius 2 is 1.91 bits per heavy atom. The number of hydrogen-bond acceptors (Lipinski definition) is 2. The highest BCUT2D eigenvalue weighted by molar-refractivity contribution is 6.30. The van der Waals surface area contributed by atoms with Crippen molar-refractivity contribution in [3.63, 3.8) is 0 Å². The molecule has 0 aliphatic rings. The molecule has 0 spiro atoms. The van der Waals surface area contributed by atoms with Crippen LogP contribution in [0.15, 0.2) is 48.5 Å². The van der Waals surface area contributed by atoms with Crippen molar-refractivity contribution in [2.24, 2.45) is 0 Å². The highest BCUT2D eigenvalue weighted by Gasteiger charge is 2.10. The molecule has 23 heavy (non-hydrogen) atoms. The van der Waals surface area contributed by atoms with Crippen LogP contribution in [-0.4, -0.2) is 31.6 Å². The molecule has 2 aromatic rings. The van der Waals surface area contributed by atoms with Crippen LogP contribution in [0, 0.1) is 0 Å². The summed E-state index contributed by atoms with van der Waals surface area (Å²) >= 11 is 12.2. The summed E-state index contributed by atoms with van der Waals surface area (Å²) in [5, 5.41) is 3.15. The molecule has 0 radical (unpaired) electrons. The van der Waals surface area contributed by atoms with Crippen molar-refractivity contribution >= 4 is 34.9 Å². The maximum Gasteiger partial charge on any atom is 0.321 e. The van der Waals surface area contributed by atoms with Gasteiger partial charge in [-0.25, -0.2) is 4.79 Å². The van der Waals surface area contributed by atoms with Crippen LogP contribution in [0.1, 0.15) is 10.9 Å². The molecule has 2 rings (SSSR count). The molecule has 4 nitrogen and oxygen atoms in total. The van der Waals surface area contributed by atoms with Gasteiger partial charge < -0.3 is 15.0 Å². The van der Waals surface area contributed by atoms with E-state index in [2.05, 4.69) is 5.32 Å². The van der Waals surface area contributed by atoms with Crippen molar-refractivity contribution in [3.05, 3.63) is 59.1 Å². The van der Waals surface area contributed by atoms with Gasteiger partial charge in [-0.3, -0.25) is 0 Å². The number of halogens is 2. The molecule has 6 heteroatoms. The van der Waals surface area contributed by atoms with E-state index in [9.17, 15) is 4.79 Å². The lowest BCUT2D eigenvalue weighted by molar-refractivity contribution is 0.230. The number of alkyl halides is 1. The number of rotatable bonds is 5. The average Bonchev–Trinajstić information content (AvgIpc) is 2.53. The monoisotopic (exact) mass is 352 g/mol. The van der Waals surface area contributed by atoms with E-state index in [1.165, 1.54) is 4.90 Å². The quantitative estimate of drug-likeness (QED) is 0.785. The Morgan fingerprint density at radius 3 is 2.57 bits per heavy atom. The zero-order chi connectivity index (χ0) is 16.8. The second kappa shape index (κ2) is 8.09. The summed E-state index contributed by atoms with van der Waals surface area (Å²) in [6, 6.07) is 14.3. The lowest BCUT2D eigenvalue weighted by Crippen LogP contribution is -2.27. The van der Waals surface area contributed by atoms with Crippen LogP contribution in [0.25, 0.3) is 0 Å². The number of hydrogen-bond donors (Lipinski definition) is 1. The van der Waals surface area contributed by atoms with E-state index in [0.29, 0.717) is 23.1 Å². The van der Waals surface area contributed by atoms with Gasteiger partial charge in [-0.2, -0.15) is 0 Å². The molecule has 1 N–H and O–H groups in total. The molecule has 1 unspecified atom stereocenters. The molecule has 2 aromatic carbocycles. The van der Waals surface area contributed by atoms with Crippen LogP contribution >= 0.6 is 23.2 Å². The van der Waals surface area contributed by atoms with E-state index >= 15 is 0 Å².